The van der Waals surface area contributed by atoms with E-state index < -0.39 is 4.92 Å². The van der Waals surface area contributed by atoms with Crippen molar-refractivity contribution in [2.45, 2.75) is 12.8 Å². The molecule has 2 rings (SSSR count). The van der Waals surface area contributed by atoms with Crippen LogP contribution in [0, 0.1) is 21.4 Å². The number of amides is 1. The van der Waals surface area contributed by atoms with Crippen LogP contribution in [0.2, 0.25) is 0 Å². The molecule has 0 aromatic heterocycles. The second kappa shape index (κ2) is 6.02. The van der Waals surface area contributed by atoms with Crippen LogP contribution in [0.1, 0.15) is 18.4 Å². The summed E-state index contributed by atoms with van der Waals surface area (Å²) in [6.45, 7) is 1.34. The van der Waals surface area contributed by atoms with E-state index in [2.05, 4.69) is 0 Å². The zero-order chi connectivity index (χ0) is 14.5. The first kappa shape index (κ1) is 13.8. The summed E-state index contributed by atoms with van der Waals surface area (Å²) in [5.41, 5.74) is -0.368. The molecule has 1 fully saturated rings. The fourth-order valence-corrected chi connectivity index (χ4v) is 2.11. The van der Waals surface area contributed by atoms with Gasteiger partial charge in [-0.3, -0.25) is 14.9 Å². The van der Waals surface area contributed by atoms with E-state index in [1.165, 1.54) is 18.2 Å². The maximum Gasteiger partial charge on any atom is 0.290 e. The number of hydrogen-bond donors (Lipinski definition) is 0. The number of ether oxygens (including phenoxy) is 1. The molecule has 1 heterocycles. The lowest BCUT2D eigenvalue weighted by Gasteiger charge is -2.16. The van der Waals surface area contributed by atoms with E-state index in [0.29, 0.717) is 19.5 Å². The van der Waals surface area contributed by atoms with Gasteiger partial charge < -0.3 is 9.64 Å². The highest BCUT2D eigenvalue weighted by Gasteiger charge is 2.21. The normalized spacial score (nSPS) is 14.2. The van der Waals surface area contributed by atoms with Crippen molar-refractivity contribution in [3.8, 4) is 11.8 Å². The zero-order valence-electron chi connectivity index (χ0n) is 10.7. The van der Waals surface area contributed by atoms with Gasteiger partial charge in [0.1, 0.15) is 18.4 Å². The number of likely N-dealkylation sites (tertiary alicyclic amines) is 1. The molecule has 0 aliphatic carbocycles. The predicted molar refractivity (Wildman–Crippen MR) is 69.1 cm³/mol. The van der Waals surface area contributed by atoms with Crippen LogP contribution in [0.3, 0.4) is 0 Å². The monoisotopic (exact) mass is 275 g/mol. The number of benzene rings is 1. The fourth-order valence-electron chi connectivity index (χ4n) is 2.11. The van der Waals surface area contributed by atoms with E-state index in [0.717, 1.165) is 6.42 Å². The minimum Gasteiger partial charge on any atom is -0.490 e. The molecule has 0 unspecified atom stereocenters. The summed E-state index contributed by atoms with van der Waals surface area (Å²) in [5.74, 6) is 0.265. The molecule has 0 saturated carbocycles. The van der Waals surface area contributed by atoms with Gasteiger partial charge in [0.15, 0.2) is 5.56 Å². The minimum absolute atomic E-state index is 0.0909. The number of nitro benzene ring substituents is 1. The first-order valence-electron chi connectivity index (χ1n) is 6.21. The van der Waals surface area contributed by atoms with Gasteiger partial charge in [0.2, 0.25) is 5.91 Å². The van der Waals surface area contributed by atoms with Gasteiger partial charge in [-0.2, -0.15) is 5.26 Å². The standard InChI is InChI=1S/C13H13N3O4/c14-9-10-11(16(18)19)3-1-4-12(10)20-8-7-15-6-2-5-13(15)17/h1,3-4H,2,5-8H2. The summed E-state index contributed by atoms with van der Waals surface area (Å²) in [7, 11) is 0. The molecule has 0 bridgehead atoms. The summed E-state index contributed by atoms with van der Waals surface area (Å²) in [4.78, 5) is 23.3. The number of rotatable bonds is 5. The number of hydrogen-bond acceptors (Lipinski definition) is 5. The Bertz CT molecular complexity index is 579. The minimum atomic E-state index is -0.616. The molecule has 1 amide bonds. The fraction of sp³-hybridized carbons (Fsp3) is 0.385. The van der Waals surface area contributed by atoms with Gasteiger partial charge in [0, 0.05) is 19.0 Å². The summed E-state index contributed by atoms with van der Waals surface area (Å²) in [6.07, 6.45) is 1.40. The Labute approximate surface area is 115 Å². The Balaban J connectivity index is 2.03. The Morgan fingerprint density at radius 2 is 2.30 bits per heavy atom. The molecule has 7 nitrogen and oxygen atoms in total. The van der Waals surface area contributed by atoms with E-state index >= 15 is 0 Å². The van der Waals surface area contributed by atoms with Gasteiger partial charge >= 0.3 is 0 Å². The Morgan fingerprint density at radius 1 is 1.50 bits per heavy atom. The molecule has 0 radical (unpaired) electrons. The van der Waals surface area contributed by atoms with Crippen LogP contribution >= 0.6 is 0 Å². The summed E-state index contributed by atoms with van der Waals surface area (Å²) >= 11 is 0. The average molecular weight is 275 g/mol. The summed E-state index contributed by atoms with van der Waals surface area (Å²) in [6, 6.07) is 6.02. The van der Waals surface area contributed by atoms with E-state index in [4.69, 9.17) is 10.00 Å². The number of carbonyl (C=O) groups excluding carboxylic acids is 1. The number of nitrogens with zero attached hydrogens (tertiary/aromatic N) is 3. The van der Waals surface area contributed by atoms with Crippen molar-refractivity contribution in [3.05, 3.63) is 33.9 Å². The molecule has 1 aliphatic rings. The zero-order valence-corrected chi connectivity index (χ0v) is 10.7. The van der Waals surface area contributed by atoms with Crippen molar-refractivity contribution >= 4 is 11.6 Å². The first-order valence-corrected chi connectivity index (χ1v) is 6.21. The second-order valence-corrected chi connectivity index (χ2v) is 4.35. The SMILES string of the molecule is N#Cc1c(OCCN2CCCC2=O)cccc1[N+](=O)[O-]. The molecule has 1 aromatic carbocycles. The van der Waals surface area contributed by atoms with Crippen LogP contribution in [-0.4, -0.2) is 35.4 Å². The van der Waals surface area contributed by atoms with Gasteiger partial charge in [0.25, 0.3) is 5.69 Å². The summed E-state index contributed by atoms with van der Waals surface area (Å²) < 4.78 is 5.41. The molecular formula is C13H13N3O4. The van der Waals surface area contributed by atoms with E-state index in [1.807, 2.05) is 0 Å². The van der Waals surface area contributed by atoms with Crippen LogP contribution in [0.4, 0.5) is 5.69 Å². The van der Waals surface area contributed by atoms with Gasteiger partial charge in [-0.25, -0.2) is 0 Å². The van der Waals surface area contributed by atoms with Gasteiger partial charge in [-0.05, 0) is 12.5 Å². The molecule has 104 valence electrons. The lowest BCUT2D eigenvalue weighted by Crippen LogP contribution is -2.29. The topological polar surface area (TPSA) is 96.5 Å². The number of nitro groups is 1. The molecule has 1 saturated heterocycles. The smallest absolute Gasteiger partial charge is 0.290 e. The van der Waals surface area contributed by atoms with E-state index in [1.54, 1.807) is 11.0 Å². The van der Waals surface area contributed by atoms with Crippen molar-refractivity contribution in [1.82, 2.24) is 4.90 Å². The van der Waals surface area contributed by atoms with E-state index in [9.17, 15) is 14.9 Å². The third kappa shape index (κ3) is 2.85. The van der Waals surface area contributed by atoms with Gasteiger partial charge in [-0.15, -0.1) is 0 Å². The highest BCUT2D eigenvalue weighted by atomic mass is 16.6. The van der Waals surface area contributed by atoms with Crippen LogP contribution in [0.15, 0.2) is 18.2 Å². The molecule has 0 atom stereocenters. The molecule has 1 aromatic rings. The van der Waals surface area contributed by atoms with Crippen LogP contribution < -0.4 is 4.74 Å². The largest absolute Gasteiger partial charge is 0.490 e. The Kier molecular flexibility index (Phi) is 4.15. The van der Waals surface area contributed by atoms with Crippen molar-refractivity contribution in [1.29, 1.82) is 5.26 Å². The van der Waals surface area contributed by atoms with Crippen LogP contribution in [0.5, 0.6) is 5.75 Å². The number of carbonyl (C=O) groups is 1. The van der Waals surface area contributed by atoms with Crippen molar-refractivity contribution in [2.24, 2.45) is 0 Å². The van der Waals surface area contributed by atoms with E-state index in [-0.39, 0.29) is 29.5 Å². The Morgan fingerprint density at radius 3 is 2.90 bits per heavy atom. The molecule has 7 heteroatoms. The van der Waals surface area contributed by atoms with Crippen molar-refractivity contribution in [3.63, 3.8) is 0 Å². The van der Waals surface area contributed by atoms with Crippen molar-refractivity contribution < 1.29 is 14.5 Å². The maximum absolute atomic E-state index is 11.4. The molecule has 0 N–H and O–H groups in total. The predicted octanol–water partition coefficient (Wildman–Crippen LogP) is 1.47. The lowest BCUT2D eigenvalue weighted by atomic mass is 10.2. The molecule has 0 spiro atoms. The highest BCUT2D eigenvalue weighted by molar-refractivity contribution is 5.78. The average Bonchev–Trinajstić information content (AvgIpc) is 2.84. The second-order valence-electron chi connectivity index (χ2n) is 4.35. The number of nitriles is 1. The summed E-state index contributed by atoms with van der Waals surface area (Å²) in [5, 5.41) is 19.8. The highest BCUT2D eigenvalue weighted by Crippen LogP contribution is 2.27. The molecule has 1 aliphatic heterocycles. The van der Waals surface area contributed by atoms with Gasteiger partial charge in [-0.1, -0.05) is 6.07 Å². The maximum atomic E-state index is 11.4. The first-order chi connectivity index (χ1) is 9.63. The third-order valence-corrected chi connectivity index (χ3v) is 3.10. The lowest BCUT2D eigenvalue weighted by molar-refractivity contribution is -0.385. The van der Waals surface area contributed by atoms with Gasteiger partial charge in [0.05, 0.1) is 11.5 Å². The van der Waals surface area contributed by atoms with Crippen LogP contribution in [0.25, 0.3) is 0 Å². The third-order valence-electron chi connectivity index (χ3n) is 3.10. The molecule has 20 heavy (non-hydrogen) atoms. The van der Waals surface area contributed by atoms with Crippen molar-refractivity contribution in [2.75, 3.05) is 19.7 Å². The quantitative estimate of drug-likeness (QED) is 0.598. The Hall–Kier alpha value is -2.62. The van der Waals surface area contributed by atoms with Crippen LogP contribution in [-0.2, 0) is 4.79 Å². The molecular weight excluding hydrogens is 262 g/mol.